The van der Waals surface area contributed by atoms with Crippen LogP contribution in [0.4, 0.5) is 5.00 Å². The average Bonchev–Trinajstić information content (AvgIpc) is 2.94. The number of nitrogens with zero attached hydrogens (tertiary/aromatic N) is 1. The summed E-state index contributed by atoms with van der Waals surface area (Å²) in [5.41, 5.74) is 0.272. The smallest absolute Gasteiger partial charge is 0.250 e. The van der Waals surface area contributed by atoms with Gasteiger partial charge in [0.1, 0.15) is 5.54 Å². The molecule has 6 nitrogen and oxygen atoms in total. The predicted octanol–water partition coefficient (Wildman–Crippen LogP) is 1.09. The standard InChI is InChI=1S/C12H15N3O3S/c1-12(4-3-9(16)14-11(12)17)15-5-7-8(18-15)6-19-10(7)13-2/h6,13H,3-5H2,1-2H3,(H,14,16,17)/t12-/m0/s1. The van der Waals surface area contributed by atoms with Gasteiger partial charge in [-0.1, -0.05) is 0 Å². The molecule has 0 aromatic carbocycles. The summed E-state index contributed by atoms with van der Waals surface area (Å²) in [5.74, 6) is 0.288. The molecule has 1 atom stereocenters. The minimum atomic E-state index is -0.796. The summed E-state index contributed by atoms with van der Waals surface area (Å²) in [4.78, 5) is 29.1. The van der Waals surface area contributed by atoms with Gasteiger partial charge in [0, 0.05) is 24.4 Å². The molecule has 19 heavy (non-hydrogen) atoms. The van der Waals surface area contributed by atoms with Crippen LogP contribution in [0.1, 0.15) is 25.3 Å². The van der Waals surface area contributed by atoms with Gasteiger partial charge in [-0.15, -0.1) is 16.4 Å². The molecular formula is C12H15N3O3S. The summed E-state index contributed by atoms with van der Waals surface area (Å²) in [6.07, 6.45) is 0.814. The molecule has 0 unspecified atom stereocenters. The molecule has 3 heterocycles. The minimum absolute atomic E-state index is 0.216. The summed E-state index contributed by atoms with van der Waals surface area (Å²) >= 11 is 1.58. The number of hydrogen-bond acceptors (Lipinski definition) is 6. The van der Waals surface area contributed by atoms with Gasteiger partial charge in [-0.3, -0.25) is 14.9 Å². The monoisotopic (exact) mass is 281 g/mol. The van der Waals surface area contributed by atoms with Crippen LogP contribution in [0.15, 0.2) is 5.38 Å². The first-order chi connectivity index (χ1) is 9.04. The van der Waals surface area contributed by atoms with E-state index in [0.717, 1.165) is 16.3 Å². The zero-order chi connectivity index (χ0) is 13.6. The van der Waals surface area contributed by atoms with E-state index in [4.69, 9.17) is 4.84 Å². The maximum absolute atomic E-state index is 12.1. The first kappa shape index (κ1) is 12.4. The van der Waals surface area contributed by atoms with Crippen LogP contribution < -0.4 is 15.5 Å². The number of nitrogens with one attached hydrogen (secondary N) is 2. The molecule has 1 aromatic heterocycles. The maximum Gasteiger partial charge on any atom is 0.250 e. The van der Waals surface area contributed by atoms with Crippen molar-refractivity contribution in [3.8, 4) is 5.75 Å². The third-order valence-corrected chi connectivity index (χ3v) is 4.74. The van der Waals surface area contributed by atoms with Crippen molar-refractivity contribution in [1.82, 2.24) is 10.4 Å². The highest BCUT2D eigenvalue weighted by Crippen LogP contribution is 2.43. The summed E-state index contributed by atoms with van der Waals surface area (Å²) in [7, 11) is 1.86. The van der Waals surface area contributed by atoms with E-state index in [1.165, 1.54) is 0 Å². The van der Waals surface area contributed by atoms with Gasteiger partial charge in [0.25, 0.3) is 0 Å². The van der Waals surface area contributed by atoms with Crippen LogP contribution in [0.25, 0.3) is 0 Å². The summed E-state index contributed by atoms with van der Waals surface area (Å²) in [5, 5.41) is 10.2. The number of piperidine rings is 1. The highest BCUT2D eigenvalue weighted by molar-refractivity contribution is 7.14. The number of hydroxylamine groups is 2. The van der Waals surface area contributed by atoms with Gasteiger partial charge < -0.3 is 10.2 Å². The highest BCUT2D eigenvalue weighted by atomic mass is 32.1. The molecule has 3 rings (SSSR count). The van der Waals surface area contributed by atoms with E-state index in [0.29, 0.717) is 19.4 Å². The third-order valence-electron chi connectivity index (χ3n) is 3.72. The zero-order valence-corrected chi connectivity index (χ0v) is 11.6. The molecule has 2 aliphatic rings. The van der Waals surface area contributed by atoms with Crippen LogP contribution in [0.3, 0.4) is 0 Å². The molecular weight excluding hydrogens is 266 g/mol. The minimum Gasteiger partial charge on any atom is -0.403 e. The molecule has 1 saturated heterocycles. The maximum atomic E-state index is 12.1. The van der Waals surface area contributed by atoms with E-state index < -0.39 is 5.54 Å². The topological polar surface area (TPSA) is 70.7 Å². The van der Waals surface area contributed by atoms with Crippen LogP contribution in [0, 0.1) is 0 Å². The molecule has 2 amide bonds. The summed E-state index contributed by atoms with van der Waals surface area (Å²) < 4.78 is 0. The Morgan fingerprint density at radius 3 is 3.00 bits per heavy atom. The molecule has 1 fully saturated rings. The van der Waals surface area contributed by atoms with Gasteiger partial charge in [0.15, 0.2) is 5.75 Å². The van der Waals surface area contributed by atoms with Crippen LogP contribution in [-0.4, -0.2) is 29.5 Å². The second kappa shape index (κ2) is 4.21. The van der Waals surface area contributed by atoms with Gasteiger partial charge >= 0.3 is 0 Å². The van der Waals surface area contributed by atoms with Crippen LogP contribution >= 0.6 is 11.3 Å². The van der Waals surface area contributed by atoms with E-state index in [2.05, 4.69) is 10.6 Å². The Labute approximate surface area is 114 Å². The lowest BCUT2D eigenvalue weighted by Gasteiger charge is -2.37. The number of fused-ring (bicyclic) bond motifs is 1. The van der Waals surface area contributed by atoms with E-state index in [1.54, 1.807) is 16.4 Å². The van der Waals surface area contributed by atoms with Crippen molar-refractivity contribution in [3.05, 3.63) is 10.9 Å². The van der Waals surface area contributed by atoms with Crippen molar-refractivity contribution in [1.29, 1.82) is 0 Å². The quantitative estimate of drug-likeness (QED) is 0.794. The Morgan fingerprint density at radius 1 is 1.53 bits per heavy atom. The highest BCUT2D eigenvalue weighted by Gasteiger charge is 2.48. The Hall–Kier alpha value is -1.60. The summed E-state index contributed by atoms with van der Waals surface area (Å²) in [6.45, 7) is 2.36. The van der Waals surface area contributed by atoms with Crippen LogP contribution in [0.5, 0.6) is 5.75 Å². The van der Waals surface area contributed by atoms with Gasteiger partial charge in [0.2, 0.25) is 11.8 Å². The van der Waals surface area contributed by atoms with Gasteiger partial charge in [-0.2, -0.15) is 0 Å². The Balaban J connectivity index is 1.84. The Bertz CT molecular complexity index is 556. The number of imide groups is 1. The van der Waals surface area contributed by atoms with E-state index in [9.17, 15) is 9.59 Å². The van der Waals surface area contributed by atoms with Crippen molar-refractivity contribution in [2.24, 2.45) is 0 Å². The first-order valence-corrected chi connectivity index (χ1v) is 7.00. The third kappa shape index (κ3) is 1.81. The lowest BCUT2D eigenvalue weighted by Crippen LogP contribution is -2.60. The lowest BCUT2D eigenvalue weighted by atomic mass is 9.90. The molecule has 0 spiro atoms. The molecule has 0 saturated carbocycles. The number of carbonyl (C=O) groups excluding carboxylic acids is 2. The molecule has 0 bridgehead atoms. The molecule has 2 N–H and O–H groups in total. The largest absolute Gasteiger partial charge is 0.403 e. The lowest BCUT2D eigenvalue weighted by molar-refractivity contribution is -0.169. The normalized spacial score (nSPS) is 26.8. The number of thiophene rings is 1. The molecule has 0 radical (unpaired) electrons. The first-order valence-electron chi connectivity index (χ1n) is 6.12. The molecule has 2 aliphatic heterocycles. The fraction of sp³-hybridized carbons (Fsp3) is 0.500. The predicted molar refractivity (Wildman–Crippen MR) is 70.8 cm³/mol. The van der Waals surface area contributed by atoms with Crippen molar-refractivity contribution in [3.63, 3.8) is 0 Å². The van der Waals surface area contributed by atoms with E-state index in [-0.39, 0.29) is 11.8 Å². The number of amides is 2. The zero-order valence-electron chi connectivity index (χ0n) is 10.8. The van der Waals surface area contributed by atoms with Crippen molar-refractivity contribution in [2.75, 3.05) is 12.4 Å². The van der Waals surface area contributed by atoms with E-state index >= 15 is 0 Å². The molecule has 1 aromatic rings. The Kier molecular flexibility index (Phi) is 2.75. The van der Waals surface area contributed by atoms with Gasteiger partial charge in [-0.25, -0.2) is 0 Å². The number of hydrogen-bond donors (Lipinski definition) is 2. The average molecular weight is 281 g/mol. The second-order valence-electron chi connectivity index (χ2n) is 4.94. The van der Waals surface area contributed by atoms with Crippen molar-refractivity contribution < 1.29 is 14.4 Å². The van der Waals surface area contributed by atoms with Gasteiger partial charge in [-0.05, 0) is 13.3 Å². The number of rotatable bonds is 2. The molecule has 0 aliphatic carbocycles. The van der Waals surface area contributed by atoms with Crippen LogP contribution in [-0.2, 0) is 16.1 Å². The SMILES string of the molecule is CNc1scc2c1CN([C@@]1(C)CCC(=O)NC1=O)O2. The van der Waals surface area contributed by atoms with E-state index in [1.807, 2.05) is 19.4 Å². The summed E-state index contributed by atoms with van der Waals surface area (Å²) in [6, 6.07) is 0. The van der Waals surface area contributed by atoms with Crippen molar-refractivity contribution >= 4 is 28.2 Å². The second-order valence-corrected chi connectivity index (χ2v) is 5.82. The fourth-order valence-corrected chi connectivity index (χ4v) is 3.24. The molecule has 7 heteroatoms. The molecule has 102 valence electrons. The number of carbonyl (C=O) groups is 2. The fourth-order valence-electron chi connectivity index (χ4n) is 2.40. The number of anilines is 1. The van der Waals surface area contributed by atoms with Crippen LogP contribution in [0.2, 0.25) is 0 Å². The van der Waals surface area contributed by atoms with Crippen molar-refractivity contribution in [2.45, 2.75) is 31.8 Å². The van der Waals surface area contributed by atoms with Gasteiger partial charge in [0.05, 0.1) is 11.5 Å². The Morgan fingerprint density at radius 2 is 2.32 bits per heavy atom.